The lowest BCUT2D eigenvalue weighted by Gasteiger charge is -2.13. The zero-order valence-electron chi connectivity index (χ0n) is 14.1. The van der Waals surface area contributed by atoms with Crippen LogP contribution in [0.15, 0.2) is 12.7 Å². The Morgan fingerprint density at radius 3 is 2.27 bits per heavy atom. The number of ether oxygens (including phenoxy) is 2. The second kappa shape index (κ2) is 14.4. The first-order valence-electron chi connectivity index (χ1n) is 8.33. The molecule has 1 N–H and O–H groups in total. The Bertz CT molecular complexity index is 318. The summed E-state index contributed by atoms with van der Waals surface area (Å²) in [6, 6.07) is 0. The number of hydrogen-bond donors (Lipinski definition) is 1. The smallest absolute Gasteiger partial charge is 0.407 e. The summed E-state index contributed by atoms with van der Waals surface area (Å²) < 4.78 is 9.85. The SMILES string of the molecule is C=CC(=O)OCC(C)OC(=O)NCCCCCCCCCC. The van der Waals surface area contributed by atoms with Crippen molar-refractivity contribution in [2.24, 2.45) is 0 Å². The molecule has 0 aliphatic heterocycles. The van der Waals surface area contributed by atoms with Gasteiger partial charge in [0, 0.05) is 12.6 Å². The molecule has 1 atom stereocenters. The molecule has 0 saturated carbocycles. The standard InChI is InChI=1S/C17H31NO4/c1-4-6-7-8-9-10-11-12-13-18-17(20)22-15(3)14-21-16(19)5-2/h5,15H,2,4,6-14H2,1,3H3,(H,18,20). The van der Waals surface area contributed by atoms with Gasteiger partial charge in [-0.1, -0.05) is 58.4 Å². The van der Waals surface area contributed by atoms with E-state index in [1.54, 1.807) is 6.92 Å². The van der Waals surface area contributed by atoms with Crippen molar-refractivity contribution in [2.75, 3.05) is 13.2 Å². The van der Waals surface area contributed by atoms with Crippen LogP contribution in [0.1, 0.15) is 65.2 Å². The number of alkyl carbamates (subject to hydrolysis) is 1. The van der Waals surface area contributed by atoms with E-state index in [0.717, 1.165) is 18.9 Å². The first-order chi connectivity index (χ1) is 10.6. The topological polar surface area (TPSA) is 64.6 Å². The number of carbonyl (C=O) groups excluding carboxylic acids is 2. The van der Waals surface area contributed by atoms with E-state index < -0.39 is 18.2 Å². The van der Waals surface area contributed by atoms with Crippen molar-refractivity contribution < 1.29 is 19.1 Å². The summed E-state index contributed by atoms with van der Waals surface area (Å²) in [6.07, 6.45) is 9.96. The highest BCUT2D eigenvalue weighted by molar-refractivity contribution is 5.81. The van der Waals surface area contributed by atoms with E-state index in [0.29, 0.717) is 6.54 Å². The number of nitrogens with one attached hydrogen (secondary N) is 1. The maximum atomic E-state index is 11.5. The minimum absolute atomic E-state index is 0.0377. The second-order valence-corrected chi connectivity index (χ2v) is 5.45. The molecule has 0 spiro atoms. The Labute approximate surface area is 134 Å². The first-order valence-corrected chi connectivity index (χ1v) is 8.33. The predicted octanol–water partition coefficient (Wildman–Crippen LogP) is 3.97. The average molecular weight is 313 g/mol. The van der Waals surface area contributed by atoms with Gasteiger partial charge in [0.2, 0.25) is 0 Å². The average Bonchev–Trinajstić information content (AvgIpc) is 2.50. The highest BCUT2D eigenvalue weighted by Gasteiger charge is 2.10. The lowest BCUT2D eigenvalue weighted by molar-refractivity contribution is -0.140. The monoisotopic (exact) mass is 313 g/mol. The van der Waals surface area contributed by atoms with Crippen LogP contribution >= 0.6 is 0 Å². The lowest BCUT2D eigenvalue weighted by Crippen LogP contribution is -2.30. The molecule has 1 amide bonds. The third-order valence-electron chi connectivity index (χ3n) is 3.23. The van der Waals surface area contributed by atoms with Gasteiger partial charge in [0.05, 0.1) is 0 Å². The maximum Gasteiger partial charge on any atom is 0.407 e. The maximum absolute atomic E-state index is 11.5. The van der Waals surface area contributed by atoms with Crippen LogP contribution in [0.3, 0.4) is 0 Å². The fraction of sp³-hybridized carbons (Fsp3) is 0.765. The van der Waals surface area contributed by atoms with Gasteiger partial charge in [0.1, 0.15) is 12.7 Å². The summed E-state index contributed by atoms with van der Waals surface area (Å²) in [5.74, 6) is -0.519. The van der Waals surface area contributed by atoms with Crippen LogP contribution in [0, 0.1) is 0 Å². The normalized spacial score (nSPS) is 11.5. The van der Waals surface area contributed by atoms with E-state index in [-0.39, 0.29) is 6.61 Å². The molecule has 0 aromatic carbocycles. The van der Waals surface area contributed by atoms with Gasteiger partial charge in [-0.15, -0.1) is 0 Å². The fourth-order valence-corrected chi connectivity index (χ4v) is 1.97. The largest absolute Gasteiger partial charge is 0.459 e. The Morgan fingerprint density at radius 2 is 1.68 bits per heavy atom. The number of carbonyl (C=O) groups is 2. The molecule has 0 bridgehead atoms. The van der Waals surface area contributed by atoms with Crippen LogP contribution in [0.2, 0.25) is 0 Å². The summed E-state index contributed by atoms with van der Waals surface area (Å²) in [5.41, 5.74) is 0. The molecule has 0 rings (SSSR count). The third kappa shape index (κ3) is 13.5. The summed E-state index contributed by atoms with van der Waals surface area (Å²) in [7, 11) is 0. The number of esters is 1. The lowest BCUT2D eigenvalue weighted by atomic mass is 10.1. The van der Waals surface area contributed by atoms with E-state index in [2.05, 4.69) is 18.8 Å². The molecule has 0 heterocycles. The molecule has 0 saturated heterocycles. The van der Waals surface area contributed by atoms with Crippen molar-refractivity contribution in [3.05, 3.63) is 12.7 Å². The van der Waals surface area contributed by atoms with Crippen LogP contribution in [0.4, 0.5) is 4.79 Å². The number of rotatable bonds is 13. The molecule has 0 aliphatic rings. The molecule has 5 heteroatoms. The number of hydrogen-bond acceptors (Lipinski definition) is 4. The van der Waals surface area contributed by atoms with Gasteiger partial charge in [-0.05, 0) is 13.3 Å². The highest BCUT2D eigenvalue weighted by atomic mass is 16.6. The fourth-order valence-electron chi connectivity index (χ4n) is 1.97. The Balaban J connectivity index is 3.42. The molecule has 22 heavy (non-hydrogen) atoms. The van der Waals surface area contributed by atoms with Gasteiger partial charge < -0.3 is 14.8 Å². The molecule has 0 aromatic heterocycles. The van der Waals surface area contributed by atoms with Crippen molar-refractivity contribution in [2.45, 2.75) is 71.3 Å². The Morgan fingerprint density at radius 1 is 1.09 bits per heavy atom. The van der Waals surface area contributed by atoms with Crippen LogP contribution in [0.25, 0.3) is 0 Å². The quantitative estimate of drug-likeness (QED) is 0.317. The summed E-state index contributed by atoms with van der Waals surface area (Å²) in [4.78, 5) is 22.3. The molecule has 1 unspecified atom stereocenters. The van der Waals surface area contributed by atoms with Gasteiger partial charge in [-0.2, -0.15) is 0 Å². The van der Waals surface area contributed by atoms with Crippen molar-refractivity contribution in [3.8, 4) is 0 Å². The molecular formula is C17H31NO4. The van der Waals surface area contributed by atoms with Crippen molar-refractivity contribution >= 4 is 12.1 Å². The predicted molar refractivity (Wildman–Crippen MR) is 87.7 cm³/mol. The van der Waals surface area contributed by atoms with Gasteiger partial charge >= 0.3 is 12.1 Å². The molecule has 0 aromatic rings. The van der Waals surface area contributed by atoms with Gasteiger partial charge in [-0.25, -0.2) is 9.59 Å². The van der Waals surface area contributed by atoms with E-state index in [9.17, 15) is 9.59 Å². The second-order valence-electron chi connectivity index (χ2n) is 5.45. The van der Waals surface area contributed by atoms with E-state index in [1.807, 2.05) is 0 Å². The van der Waals surface area contributed by atoms with Gasteiger partial charge in [0.15, 0.2) is 0 Å². The highest BCUT2D eigenvalue weighted by Crippen LogP contribution is 2.07. The van der Waals surface area contributed by atoms with Crippen LogP contribution in [-0.4, -0.2) is 31.3 Å². The molecule has 0 radical (unpaired) electrons. The zero-order valence-corrected chi connectivity index (χ0v) is 14.1. The number of amides is 1. The van der Waals surface area contributed by atoms with E-state index >= 15 is 0 Å². The zero-order chi connectivity index (χ0) is 16.6. The summed E-state index contributed by atoms with van der Waals surface area (Å²) in [6.45, 7) is 7.84. The minimum atomic E-state index is -0.519. The van der Waals surface area contributed by atoms with Gasteiger partial charge in [0.25, 0.3) is 0 Å². The van der Waals surface area contributed by atoms with E-state index in [1.165, 1.54) is 38.5 Å². The Kier molecular flexibility index (Phi) is 13.4. The number of unbranched alkanes of at least 4 members (excludes halogenated alkanes) is 7. The van der Waals surface area contributed by atoms with Crippen LogP contribution < -0.4 is 5.32 Å². The Hall–Kier alpha value is -1.52. The molecule has 0 fully saturated rings. The van der Waals surface area contributed by atoms with Crippen LogP contribution in [-0.2, 0) is 14.3 Å². The van der Waals surface area contributed by atoms with Crippen molar-refractivity contribution in [1.29, 1.82) is 0 Å². The molecule has 0 aliphatic carbocycles. The van der Waals surface area contributed by atoms with E-state index in [4.69, 9.17) is 9.47 Å². The summed E-state index contributed by atoms with van der Waals surface area (Å²) >= 11 is 0. The van der Waals surface area contributed by atoms with Crippen molar-refractivity contribution in [1.82, 2.24) is 5.32 Å². The first kappa shape index (κ1) is 20.5. The minimum Gasteiger partial charge on any atom is -0.459 e. The molecule has 128 valence electrons. The van der Waals surface area contributed by atoms with Gasteiger partial charge in [-0.3, -0.25) is 0 Å². The third-order valence-corrected chi connectivity index (χ3v) is 3.23. The summed E-state index contributed by atoms with van der Waals surface area (Å²) in [5, 5.41) is 2.70. The molecular weight excluding hydrogens is 282 g/mol. The van der Waals surface area contributed by atoms with Crippen LogP contribution in [0.5, 0.6) is 0 Å². The molecule has 5 nitrogen and oxygen atoms in total. The van der Waals surface area contributed by atoms with Crippen molar-refractivity contribution in [3.63, 3.8) is 0 Å².